The van der Waals surface area contributed by atoms with E-state index in [9.17, 15) is 5.11 Å². The molecular formula is C17H29NO2S. The van der Waals surface area contributed by atoms with Crippen molar-refractivity contribution in [3.8, 4) is 5.75 Å². The number of methoxy groups -OCH3 is 1. The first-order valence-corrected chi connectivity index (χ1v) is 8.75. The van der Waals surface area contributed by atoms with E-state index in [0.29, 0.717) is 0 Å². The summed E-state index contributed by atoms with van der Waals surface area (Å²) < 4.78 is 5.15. The molecule has 0 spiro atoms. The Labute approximate surface area is 133 Å². The van der Waals surface area contributed by atoms with Crippen LogP contribution in [-0.4, -0.2) is 36.7 Å². The third-order valence-electron chi connectivity index (χ3n) is 3.60. The van der Waals surface area contributed by atoms with E-state index < -0.39 is 0 Å². The molecule has 0 aliphatic heterocycles. The van der Waals surface area contributed by atoms with E-state index in [1.807, 2.05) is 23.9 Å². The fourth-order valence-electron chi connectivity index (χ4n) is 2.13. The van der Waals surface area contributed by atoms with Crippen molar-refractivity contribution in [2.75, 3.05) is 26.0 Å². The molecule has 1 atom stereocenters. The second-order valence-electron chi connectivity index (χ2n) is 5.63. The molecular weight excluding hydrogens is 282 g/mol. The van der Waals surface area contributed by atoms with Gasteiger partial charge in [0, 0.05) is 10.4 Å². The Morgan fingerprint density at radius 3 is 2.52 bits per heavy atom. The number of hydrogen-bond donors (Lipinski definition) is 2. The predicted octanol–water partition coefficient (Wildman–Crippen LogP) is 3.71. The first kappa shape index (κ1) is 18.3. The number of ether oxygens (including phenoxy) is 1. The standard InChI is InChI=1S/C17H29NO2S/c1-4-12-18-17(2,14-19)11-5-6-13-21-16-9-7-15(20-3)8-10-16/h7-10,18-19H,4-6,11-14H2,1-3H3. The molecule has 120 valence electrons. The quantitative estimate of drug-likeness (QED) is 0.483. The molecule has 1 aromatic carbocycles. The number of benzene rings is 1. The number of thioether (sulfide) groups is 1. The maximum atomic E-state index is 9.52. The van der Waals surface area contributed by atoms with Gasteiger partial charge in [-0.2, -0.15) is 0 Å². The minimum absolute atomic E-state index is 0.124. The van der Waals surface area contributed by atoms with Gasteiger partial charge in [0.25, 0.3) is 0 Å². The van der Waals surface area contributed by atoms with Crippen molar-refractivity contribution in [2.45, 2.75) is 50.0 Å². The molecule has 1 unspecified atom stereocenters. The van der Waals surface area contributed by atoms with Crippen molar-refractivity contribution in [2.24, 2.45) is 0 Å². The molecule has 2 N–H and O–H groups in total. The van der Waals surface area contributed by atoms with Crippen LogP contribution in [0.15, 0.2) is 29.2 Å². The highest BCUT2D eigenvalue weighted by Gasteiger charge is 2.21. The van der Waals surface area contributed by atoms with Crippen molar-refractivity contribution in [3.63, 3.8) is 0 Å². The summed E-state index contributed by atoms with van der Waals surface area (Å²) in [6.07, 6.45) is 4.42. The molecule has 0 aromatic heterocycles. The van der Waals surface area contributed by atoms with Gasteiger partial charge in [-0.15, -0.1) is 11.8 Å². The summed E-state index contributed by atoms with van der Waals surface area (Å²) in [5.41, 5.74) is -0.124. The number of rotatable bonds is 11. The van der Waals surface area contributed by atoms with Gasteiger partial charge in [0.1, 0.15) is 5.75 Å². The predicted molar refractivity (Wildman–Crippen MR) is 91.4 cm³/mol. The summed E-state index contributed by atoms with van der Waals surface area (Å²) in [6, 6.07) is 8.20. The smallest absolute Gasteiger partial charge is 0.118 e. The summed E-state index contributed by atoms with van der Waals surface area (Å²) in [6.45, 7) is 5.44. The summed E-state index contributed by atoms with van der Waals surface area (Å²) in [5.74, 6) is 2.02. The van der Waals surface area contributed by atoms with Crippen molar-refractivity contribution >= 4 is 11.8 Å². The Hall–Kier alpha value is -0.710. The van der Waals surface area contributed by atoms with Crippen LogP contribution in [0.1, 0.15) is 39.5 Å². The minimum atomic E-state index is -0.124. The van der Waals surface area contributed by atoms with Crippen molar-refractivity contribution in [1.82, 2.24) is 5.32 Å². The molecule has 0 bridgehead atoms. The van der Waals surface area contributed by atoms with E-state index >= 15 is 0 Å². The minimum Gasteiger partial charge on any atom is -0.497 e. The van der Waals surface area contributed by atoms with Gasteiger partial charge in [-0.1, -0.05) is 13.3 Å². The van der Waals surface area contributed by atoms with Crippen LogP contribution in [0.3, 0.4) is 0 Å². The average Bonchev–Trinajstić information content (AvgIpc) is 2.53. The van der Waals surface area contributed by atoms with Crippen LogP contribution >= 0.6 is 11.8 Å². The van der Waals surface area contributed by atoms with E-state index in [1.165, 1.54) is 11.3 Å². The van der Waals surface area contributed by atoms with E-state index in [4.69, 9.17) is 4.74 Å². The van der Waals surface area contributed by atoms with Gasteiger partial charge in [0.15, 0.2) is 0 Å². The monoisotopic (exact) mass is 311 g/mol. The lowest BCUT2D eigenvalue weighted by Crippen LogP contribution is -2.46. The zero-order valence-electron chi connectivity index (χ0n) is 13.5. The molecule has 4 heteroatoms. The van der Waals surface area contributed by atoms with E-state index in [-0.39, 0.29) is 12.1 Å². The molecule has 0 saturated heterocycles. The first-order chi connectivity index (χ1) is 10.1. The van der Waals surface area contributed by atoms with Gasteiger partial charge >= 0.3 is 0 Å². The maximum absolute atomic E-state index is 9.52. The largest absolute Gasteiger partial charge is 0.497 e. The van der Waals surface area contributed by atoms with E-state index in [1.54, 1.807) is 7.11 Å². The second kappa shape index (κ2) is 10.1. The Morgan fingerprint density at radius 2 is 1.95 bits per heavy atom. The summed E-state index contributed by atoms with van der Waals surface area (Å²) in [5, 5.41) is 13.0. The molecule has 0 amide bonds. The lowest BCUT2D eigenvalue weighted by Gasteiger charge is -2.28. The molecule has 1 aromatic rings. The van der Waals surface area contributed by atoms with Crippen LogP contribution in [0, 0.1) is 0 Å². The van der Waals surface area contributed by atoms with Crippen LogP contribution in [0.4, 0.5) is 0 Å². The van der Waals surface area contributed by atoms with Crippen LogP contribution in [0.25, 0.3) is 0 Å². The number of aliphatic hydroxyl groups excluding tert-OH is 1. The van der Waals surface area contributed by atoms with Crippen LogP contribution < -0.4 is 10.1 Å². The Kier molecular flexibility index (Phi) is 8.81. The van der Waals surface area contributed by atoms with Crippen molar-refractivity contribution < 1.29 is 9.84 Å². The zero-order chi connectivity index (χ0) is 15.6. The highest BCUT2D eigenvalue weighted by atomic mass is 32.2. The molecule has 0 heterocycles. The SMILES string of the molecule is CCCNC(C)(CO)CCCCSc1ccc(OC)cc1. The fraction of sp³-hybridized carbons (Fsp3) is 0.647. The van der Waals surface area contributed by atoms with E-state index in [0.717, 1.165) is 37.3 Å². The van der Waals surface area contributed by atoms with E-state index in [2.05, 4.69) is 31.3 Å². The number of nitrogens with one attached hydrogen (secondary N) is 1. The highest BCUT2D eigenvalue weighted by molar-refractivity contribution is 7.99. The summed E-state index contributed by atoms with van der Waals surface area (Å²) in [7, 11) is 1.69. The van der Waals surface area contributed by atoms with Crippen LogP contribution in [0.5, 0.6) is 5.75 Å². The zero-order valence-corrected chi connectivity index (χ0v) is 14.3. The Morgan fingerprint density at radius 1 is 1.24 bits per heavy atom. The third-order valence-corrected chi connectivity index (χ3v) is 4.70. The lowest BCUT2D eigenvalue weighted by molar-refractivity contribution is 0.163. The highest BCUT2D eigenvalue weighted by Crippen LogP contribution is 2.23. The summed E-state index contributed by atoms with van der Waals surface area (Å²) in [4.78, 5) is 1.28. The van der Waals surface area contributed by atoms with Crippen molar-refractivity contribution in [1.29, 1.82) is 0 Å². The van der Waals surface area contributed by atoms with Crippen molar-refractivity contribution in [3.05, 3.63) is 24.3 Å². The third kappa shape index (κ3) is 7.21. The Balaban J connectivity index is 2.20. The molecule has 1 rings (SSSR count). The molecule has 0 saturated carbocycles. The number of unbranched alkanes of at least 4 members (excludes halogenated alkanes) is 1. The number of hydrogen-bond acceptors (Lipinski definition) is 4. The molecule has 0 aliphatic carbocycles. The van der Waals surface area contributed by atoms with Crippen LogP contribution in [0.2, 0.25) is 0 Å². The van der Waals surface area contributed by atoms with Gasteiger partial charge in [-0.05, 0) is 62.7 Å². The van der Waals surface area contributed by atoms with Gasteiger partial charge in [0.05, 0.1) is 13.7 Å². The van der Waals surface area contributed by atoms with Gasteiger partial charge in [-0.25, -0.2) is 0 Å². The molecule has 21 heavy (non-hydrogen) atoms. The van der Waals surface area contributed by atoms with Crippen LogP contribution in [-0.2, 0) is 0 Å². The molecule has 3 nitrogen and oxygen atoms in total. The second-order valence-corrected chi connectivity index (χ2v) is 6.79. The molecule has 0 radical (unpaired) electrons. The lowest BCUT2D eigenvalue weighted by atomic mass is 9.96. The first-order valence-electron chi connectivity index (χ1n) is 7.76. The molecule has 0 aliphatic rings. The number of aliphatic hydroxyl groups is 1. The topological polar surface area (TPSA) is 41.5 Å². The summed E-state index contributed by atoms with van der Waals surface area (Å²) >= 11 is 1.88. The normalized spacial score (nSPS) is 13.9. The Bertz CT molecular complexity index is 383. The average molecular weight is 311 g/mol. The van der Waals surface area contributed by atoms with Gasteiger partial charge in [-0.3, -0.25) is 0 Å². The van der Waals surface area contributed by atoms with Gasteiger partial charge < -0.3 is 15.2 Å². The molecule has 0 fully saturated rings. The maximum Gasteiger partial charge on any atom is 0.118 e. The fourth-order valence-corrected chi connectivity index (χ4v) is 3.04. The van der Waals surface area contributed by atoms with Gasteiger partial charge in [0.2, 0.25) is 0 Å².